The molecule has 1 aliphatic rings. The highest BCUT2D eigenvalue weighted by molar-refractivity contribution is 6.30. The number of carbonyl (C=O) groups excluding carboxylic acids is 2. The largest absolute Gasteiger partial charge is 0.341 e. The fourth-order valence-corrected chi connectivity index (χ4v) is 3.63. The molecule has 2 amide bonds. The molecule has 1 fully saturated rings. The van der Waals surface area contributed by atoms with Crippen LogP contribution in [0.4, 0.5) is 0 Å². The van der Waals surface area contributed by atoms with Gasteiger partial charge >= 0.3 is 0 Å². The van der Waals surface area contributed by atoms with E-state index in [1.165, 1.54) is 0 Å². The van der Waals surface area contributed by atoms with Gasteiger partial charge in [0.05, 0.1) is 0 Å². The van der Waals surface area contributed by atoms with Gasteiger partial charge in [-0.3, -0.25) is 9.59 Å². The summed E-state index contributed by atoms with van der Waals surface area (Å²) in [7, 11) is 1.95. The summed E-state index contributed by atoms with van der Waals surface area (Å²) in [6, 6.07) is 16.3. The van der Waals surface area contributed by atoms with Crippen LogP contribution >= 0.6 is 11.6 Å². The standard InChI is InChI=1S/C22H26ClN3O2/c1-24-19-11-13-26(14-12-19)22(28)20(15-16-5-3-2-4-6-16)25-21(27)17-7-9-18(23)10-8-17/h2-10,19-20,24H,11-15H2,1H3,(H,25,27). The first-order chi connectivity index (χ1) is 13.6. The second-order valence-electron chi connectivity index (χ2n) is 7.11. The van der Waals surface area contributed by atoms with E-state index in [1.54, 1.807) is 24.3 Å². The molecule has 28 heavy (non-hydrogen) atoms. The molecule has 6 heteroatoms. The molecule has 1 aliphatic heterocycles. The summed E-state index contributed by atoms with van der Waals surface area (Å²) >= 11 is 5.91. The van der Waals surface area contributed by atoms with Crippen molar-refractivity contribution < 1.29 is 9.59 Å². The number of rotatable bonds is 6. The zero-order valence-corrected chi connectivity index (χ0v) is 16.8. The summed E-state index contributed by atoms with van der Waals surface area (Å²) in [6.07, 6.45) is 2.31. The molecule has 5 nitrogen and oxygen atoms in total. The lowest BCUT2D eigenvalue weighted by Gasteiger charge is -2.34. The smallest absolute Gasteiger partial charge is 0.251 e. The van der Waals surface area contributed by atoms with Gasteiger partial charge in [0.1, 0.15) is 6.04 Å². The van der Waals surface area contributed by atoms with E-state index in [0.717, 1.165) is 18.4 Å². The van der Waals surface area contributed by atoms with Crippen LogP contribution in [0.5, 0.6) is 0 Å². The van der Waals surface area contributed by atoms with Crippen LogP contribution in [0.2, 0.25) is 5.02 Å². The van der Waals surface area contributed by atoms with Gasteiger partial charge in [-0.15, -0.1) is 0 Å². The maximum absolute atomic E-state index is 13.2. The number of halogens is 1. The van der Waals surface area contributed by atoms with Gasteiger partial charge in [-0.05, 0) is 49.7 Å². The van der Waals surface area contributed by atoms with E-state index in [4.69, 9.17) is 11.6 Å². The Bertz CT molecular complexity index is 787. The molecule has 2 N–H and O–H groups in total. The van der Waals surface area contributed by atoms with Gasteiger partial charge in [-0.2, -0.15) is 0 Å². The maximum atomic E-state index is 13.2. The lowest BCUT2D eigenvalue weighted by atomic mass is 10.0. The zero-order chi connectivity index (χ0) is 19.9. The van der Waals surface area contributed by atoms with Crippen molar-refractivity contribution in [3.05, 3.63) is 70.7 Å². The molecule has 0 aromatic heterocycles. The minimum Gasteiger partial charge on any atom is -0.341 e. The summed E-state index contributed by atoms with van der Waals surface area (Å²) in [4.78, 5) is 27.8. The Balaban J connectivity index is 1.73. The first-order valence-electron chi connectivity index (χ1n) is 9.63. The lowest BCUT2D eigenvalue weighted by molar-refractivity contribution is -0.134. The molecule has 1 saturated heterocycles. The van der Waals surface area contributed by atoms with Gasteiger partial charge in [-0.1, -0.05) is 41.9 Å². The van der Waals surface area contributed by atoms with Gasteiger partial charge in [0.25, 0.3) is 5.91 Å². The molecule has 1 heterocycles. The first-order valence-corrected chi connectivity index (χ1v) is 10.0. The first kappa shape index (κ1) is 20.4. The van der Waals surface area contributed by atoms with Crippen molar-refractivity contribution in [2.45, 2.75) is 31.3 Å². The van der Waals surface area contributed by atoms with Gasteiger partial charge in [0.15, 0.2) is 0 Å². The summed E-state index contributed by atoms with van der Waals surface area (Å²) < 4.78 is 0. The fourth-order valence-electron chi connectivity index (χ4n) is 3.50. The van der Waals surface area contributed by atoms with Crippen LogP contribution < -0.4 is 10.6 Å². The average Bonchev–Trinajstić information content (AvgIpc) is 2.74. The van der Waals surface area contributed by atoms with E-state index in [1.807, 2.05) is 42.3 Å². The molecule has 1 unspecified atom stereocenters. The molecule has 0 aliphatic carbocycles. The average molecular weight is 400 g/mol. The summed E-state index contributed by atoms with van der Waals surface area (Å²) in [5, 5.41) is 6.78. The molecule has 0 saturated carbocycles. The van der Waals surface area contributed by atoms with E-state index >= 15 is 0 Å². The SMILES string of the molecule is CNC1CCN(C(=O)C(Cc2ccccc2)NC(=O)c2ccc(Cl)cc2)CC1. The van der Waals surface area contributed by atoms with Crippen LogP contribution in [0.25, 0.3) is 0 Å². The number of piperidine rings is 1. The lowest BCUT2D eigenvalue weighted by Crippen LogP contribution is -2.53. The number of benzene rings is 2. The van der Waals surface area contributed by atoms with Crippen molar-refractivity contribution in [1.82, 2.24) is 15.5 Å². The van der Waals surface area contributed by atoms with Crippen molar-refractivity contribution >= 4 is 23.4 Å². The number of hydrogen-bond donors (Lipinski definition) is 2. The predicted molar refractivity (Wildman–Crippen MR) is 112 cm³/mol. The van der Waals surface area contributed by atoms with Crippen molar-refractivity contribution in [2.75, 3.05) is 20.1 Å². The molecule has 3 rings (SSSR count). The number of nitrogens with one attached hydrogen (secondary N) is 2. The molecule has 2 aromatic carbocycles. The van der Waals surface area contributed by atoms with E-state index in [9.17, 15) is 9.59 Å². The zero-order valence-electron chi connectivity index (χ0n) is 16.0. The highest BCUT2D eigenvalue weighted by Crippen LogP contribution is 2.15. The molecule has 2 aromatic rings. The molecule has 0 bridgehead atoms. The normalized spacial score (nSPS) is 15.9. The van der Waals surface area contributed by atoms with Crippen LogP contribution in [-0.4, -0.2) is 48.9 Å². The van der Waals surface area contributed by atoms with Crippen LogP contribution in [0.15, 0.2) is 54.6 Å². The summed E-state index contributed by atoms with van der Waals surface area (Å²) in [5.74, 6) is -0.295. The number of likely N-dealkylation sites (tertiary alicyclic amines) is 1. The van der Waals surface area contributed by atoms with Crippen molar-refractivity contribution in [3.8, 4) is 0 Å². The minimum atomic E-state index is -0.600. The second-order valence-corrected chi connectivity index (χ2v) is 7.55. The van der Waals surface area contributed by atoms with Gasteiger partial charge in [0, 0.05) is 36.1 Å². The van der Waals surface area contributed by atoms with E-state index in [-0.39, 0.29) is 11.8 Å². The quantitative estimate of drug-likeness (QED) is 0.785. The molecule has 148 valence electrons. The van der Waals surface area contributed by atoms with E-state index in [2.05, 4.69) is 10.6 Å². The molecule has 0 spiro atoms. The number of amides is 2. The van der Waals surface area contributed by atoms with Crippen LogP contribution in [0.1, 0.15) is 28.8 Å². The molecule has 0 radical (unpaired) electrons. The molecular weight excluding hydrogens is 374 g/mol. The number of hydrogen-bond acceptors (Lipinski definition) is 3. The van der Waals surface area contributed by atoms with E-state index < -0.39 is 6.04 Å². The Morgan fingerprint density at radius 3 is 2.32 bits per heavy atom. The molecular formula is C22H26ClN3O2. The Morgan fingerprint density at radius 2 is 1.71 bits per heavy atom. The fraction of sp³-hybridized carbons (Fsp3) is 0.364. The topological polar surface area (TPSA) is 61.4 Å². The van der Waals surface area contributed by atoms with E-state index in [0.29, 0.717) is 36.1 Å². The predicted octanol–water partition coefficient (Wildman–Crippen LogP) is 2.89. The third-order valence-corrected chi connectivity index (χ3v) is 5.46. The van der Waals surface area contributed by atoms with Gasteiger partial charge < -0.3 is 15.5 Å². The van der Waals surface area contributed by atoms with Crippen LogP contribution in [-0.2, 0) is 11.2 Å². The minimum absolute atomic E-state index is 0.0271. The van der Waals surface area contributed by atoms with Crippen molar-refractivity contribution in [2.24, 2.45) is 0 Å². The third-order valence-electron chi connectivity index (χ3n) is 5.21. The van der Waals surface area contributed by atoms with Crippen LogP contribution in [0, 0.1) is 0 Å². The summed E-state index contributed by atoms with van der Waals surface area (Å²) in [6.45, 7) is 1.40. The van der Waals surface area contributed by atoms with Gasteiger partial charge in [0.2, 0.25) is 5.91 Å². The highest BCUT2D eigenvalue weighted by Gasteiger charge is 2.29. The van der Waals surface area contributed by atoms with Crippen molar-refractivity contribution in [3.63, 3.8) is 0 Å². The Labute approximate surface area is 171 Å². The third kappa shape index (κ3) is 5.33. The number of nitrogens with zero attached hydrogens (tertiary/aromatic N) is 1. The van der Waals surface area contributed by atoms with Gasteiger partial charge in [-0.25, -0.2) is 0 Å². The monoisotopic (exact) mass is 399 g/mol. The molecule has 1 atom stereocenters. The maximum Gasteiger partial charge on any atom is 0.251 e. The Kier molecular flexibility index (Phi) is 7.06. The summed E-state index contributed by atoms with van der Waals surface area (Å²) in [5.41, 5.74) is 1.51. The Hall–Kier alpha value is -2.37. The van der Waals surface area contributed by atoms with Crippen LogP contribution in [0.3, 0.4) is 0 Å². The highest BCUT2D eigenvalue weighted by atomic mass is 35.5. The second kappa shape index (κ2) is 9.71. The number of carbonyl (C=O) groups is 2. The Morgan fingerprint density at radius 1 is 1.07 bits per heavy atom. The van der Waals surface area contributed by atoms with Crippen molar-refractivity contribution in [1.29, 1.82) is 0 Å².